The van der Waals surface area contributed by atoms with E-state index in [1.165, 1.54) is 11.1 Å². The molecule has 1 saturated heterocycles. The van der Waals surface area contributed by atoms with Crippen LogP contribution in [0, 0.1) is 0 Å². The highest BCUT2D eigenvalue weighted by molar-refractivity contribution is 5.24. The number of benzene rings is 1. The molecule has 1 aliphatic rings. The summed E-state index contributed by atoms with van der Waals surface area (Å²) in [6, 6.07) is 10.5. The van der Waals surface area contributed by atoms with E-state index in [-0.39, 0.29) is 6.10 Å². The summed E-state index contributed by atoms with van der Waals surface area (Å²) in [7, 11) is 0. The molecule has 3 rings (SSSR count). The van der Waals surface area contributed by atoms with Crippen LogP contribution in [0.4, 0.5) is 0 Å². The summed E-state index contributed by atoms with van der Waals surface area (Å²) >= 11 is 0. The third-order valence-electron chi connectivity index (χ3n) is 3.24. The molecule has 0 atom stereocenters. The summed E-state index contributed by atoms with van der Waals surface area (Å²) in [5.74, 6) is 0. The number of hydrogen-bond donors (Lipinski definition) is 1. The molecule has 0 unspecified atom stereocenters. The van der Waals surface area contributed by atoms with Crippen LogP contribution in [-0.2, 0) is 13.1 Å². The Hall–Kier alpha value is -1.65. The van der Waals surface area contributed by atoms with Crippen molar-refractivity contribution in [1.82, 2.24) is 14.7 Å². The smallest absolute Gasteiger partial charge is 0.0794 e. The fourth-order valence-corrected chi connectivity index (χ4v) is 2.34. The van der Waals surface area contributed by atoms with Gasteiger partial charge in [-0.15, -0.1) is 0 Å². The van der Waals surface area contributed by atoms with Crippen molar-refractivity contribution >= 4 is 0 Å². The van der Waals surface area contributed by atoms with Crippen LogP contribution in [0.25, 0.3) is 0 Å². The molecule has 0 spiro atoms. The fourth-order valence-electron chi connectivity index (χ4n) is 2.34. The van der Waals surface area contributed by atoms with E-state index >= 15 is 0 Å². The Morgan fingerprint density at radius 3 is 2.61 bits per heavy atom. The molecular formula is C14H17N3O. The molecule has 1 aromatic carbocycles. The fraction of sp³-hybridized carbons (Fsp3) is 0.357. The Morgan fingerprint density at radius 1 is 1.17 bits per heavy atom. The van der Waals surface area contributed by atoms with Crippen LogP contribution in [0.15, 0.2) is 42.7 Å². The maximum Gasteiger partial charge on any atom is 0.0794 e. The lowest BCUT2D eigenvalue weighted by Gasteiger charge is -2.35. The zero-order chi connectivity index (χ0) is 12.4. The summed E-state index contributed by atoms with van der Waals surface area (Å²) in [4.78, 5) is 2.25. The van der Waals surface area contributed by atoms with Gasteiger partial charge >= 0.3 is 0 Å². The van der Waals surface area contributed by atoms with E-state index < -0.39 is 0 Å². The van der Waals surface area contributed by atoms with Crippen LogP contribution in [0.3, 0.4) is 0 Å². The van der Waals surface area contributed by atoms with E-state index in [0.717, 1.165) is 26.2 Å². The highest BCUT2D eigenvalue weighted by atomic mass is 16.3. The Balaban J connectivity index is 1.65. The van der Waals surface area contributed by atoms with E-state index in [4.69, 9.17) is 0 Å². The summed E-state index contributed by atoms with van der Waals surface area (Å²) < 4.78 is 1.92. The minimum absolute atomic E-state index is 0.128. The summed E-state index contributed by atoms with van der Waals surface area (Å²) in [6.45, 7) is 3.32. The average molecular weight is 243 g/mol. The molecule has 0 radical (unpaired) electrons. The van der Waals surface area contributed by atoms with Crippen LogP contribution in [0.2, 0.25) is 0 Å². The molecule has 1 aliphatic heterocycles. The van der Waals surface area contributed by atoms with Crippen LogP contribution in [0.1, 0.15) is 11.1 Å². The first-order valence-corrected chi connectivity index (χ1v) is 6.25. The molecule has 18 heavy (non-hydrogen) atoms. The third kappa shape index (κ3) is 2.60. The van der Waals surface area contributed by atoms with E-state index in [2.05, 4.69) is 34.3 Å². The number of nitrogens with zero attached hydrogens (tertiary/aromatic N) is 3. The predicted octanol–water partition coefficient (Wildman–Crippen LogP) is 1.11. The Bertz CT molecular complexity index is 504. The number of likely N-dealkylation sites (tertiary alicyclic amines) is 1. The van der Waals surface area contributed by atoms with E-state index in [0.29, 0.717) is 0 Å². The molecule has 1 aromatic heterocycles. The van der Waals surface area contributed by atoms with Crippen LogP contribution in [-0.4, -0.2) is 39.0 Å². The highest BCUT2D eigenvalue weighted by Crippen LogP contribution is 2.14. The monoisotopic (exact) mass is 243 g/mol. The molecule has 2 heterocycles. The maximum atomic E-state index is 9.27. The van der Waals surface area contributed by atoms with Gasteiger partial charge in [-0.25, -0.2) is 0 Å². The summed E-state index contributed by atoms with van der Waals surface area (Å²) in [5, 5.41) is 13.5. The molecule has 4 heteroatoms. The molecule has 94 valence electrons. The van der Waals surface area contributed by atoms with Gasteiger partial charge in [0.05, 0.1) is 12.6 Å². The first kappa shape index (κ1) is 11.4. The quantitative estimate of drug-likeness (QED) is 0.874. The van der Waals surface area contributed by atoms with Crippen LogP contribution >= 0.6 is 0 Å². The summed E-state index contributed by atoms with van der Waals surface area (Å²) in [6.07, 6.45) is 3.64. The number of rotatable bonds is 4. The molecule has 2 aromatic rings. The van der Waals surface area contributed by atoms with E-state index in [9.17, 15) is 5.11 Å². The van der Waals surface area contributed by atoms with Crippen molar-refractivity contribution in [3.05, 3.63) is 53.9 Å². The van der Waals surface area contributed by atoms with Gasteiger partial charge in [0.1, 0.15) is 0 Å². The van der Waals surface area contributed by atoms with Gasteiger partial charge in [0.25, 0.3) is 0 Å². The average Bonchev–Trinajstić information content (AvgIpc) is 2.80. The molecule has 0 saturated carbocycles. The first-order valence-electron chi connectivity index (χ1n) is 6.25. The lowest BCUT2D eigenvalue weighted by molar-refractivity contribution is -0.00287. The highest BCUT2D eigenvalue weighted by Gasteiger charge is 2.23. The van der Waals surface area contributed by atoms with E-state index in [1.54, 1.807) is 6.20 Å². The van der Waals surface area contributed by atoms with E-state index in [1.807, 2.05) is 16.9 Å². The molecular weight excluding hydrogens is 226 g/mol. The molecule has 1 fully saturated rings. The lowest BCUT2D eigenvalue weighted by atomic mass is 10.1. The summed E-state index contributed by atoms with van der Waals surface area (Å²) in [5.41, 5.74) is 2.56. The zero-order valence-electron chi connectivity index (χ0n) is 10.2. The van der Waals surface area contributed by atoms with Crippen molar-refractivity contribution in [3.63, 3.8) is 0 Å². The van der Waals surface area contributed by atoms with Crippen LogP contribution in [0.5, 0.6) is 0 Å². The largest absolute Gasteiger partial charge is 0.390 e. The Morgan fingerprint density at radius 2 is 1.94 bits per heavy atom. The van der Waals surface area contributed by atoms with Gasteiger partial charge < -0.3 is 5.11 Å². The molecule has 0 aliphatic carbocycles. The second kappa shape index (κ2) is 4.92. The van der Waals surface area contributed by atoms with Gasteiger partial charge in [-0.1, -0.05) is 24.3 Å². The minimum Gasteiger partial charge on any atom is -0.390 e. The van der Waals surface area contributed by atoms with Crippen molar-refractivity contribution in [2.75, 3.05) is 13.1 Å². The van der Waals surface area contributed by atoms with Crippen molar-refractivity contribution in [3.8, 4) is 0 Å². The van der Waals surface area contributed by atoms with Crippen molar-refractivity contribution in [1.29, 1.82) is 0 Å². The Kier molecular flexibility index (Phi) is 3.13. The third-order valence-corrected chi connectivity index (χ3v) is 3.24. The number of hydrogen-bond acceptors (Lipinski definition) is 3. The second-order valence-corrected chi connectivity index (χ2v) is 4.87. The van der Waals surface area contributed by atoms with Gasteiger partial charge in [-0.3, -0.25) is 9.58 Å². The second-order valence-electron chi connectivity index (χ2n) is 4.87. The van der Waals surface area contributed by atoms with Gasteiger partial charge in [-0.05, 0) is 17.2 Å². The van der Waals surface area contributed by atoms with Crippen LogP contribution < -0.4 is 0 Å². The molecule has 4 nitrogen and oxygen atoms in total. The van der Waals surface area contributed by atoms with Crippen molar-refractivity contribution in [2.24, 2.45) is 0 Å². The van der Waals surface area contributed by atoms with Crippen molar-refractivity contribution in [2.45, 2.75) is 19.2 Å². The van der Waals surface area contributed by atoms with Gasteiger partial charge in [0.2, 0.25) is 0 Å². The standard InChI is InChI=1S/C14H17N3O/c18-14-10-16(11-14)8-12-3-1-4-13(7-12)9-17-6-2-5-15-17/h1-7,14,18H,8-11H2. The number of aromatic nitrogens is 2. The van der Waals surface area contributed by atoms with Gasteiger partial charge in [0.15, 0.2) is 0 Å². The normalized spacial score (nSPS) is 16.7. The predicted molar refractivity (Wildman–Crippen MR) is 69.1 cm³/mol. The SMILES string of the molecule is OC1CN(Cc2cccc(Cn3cccn3)c2)C1. The zero-order valence-corrected chi connectivity index (χ0v) is 10.2. The lowest BCUT2D eigenvalue weighted by Crippen LogP contribution is -2.49. The number of β-amino-alcohol motifs (C(OH)–C–C–N with tert-alkyl or cyclic N) is 1. The minimum atomic E-state index is -0.128. The number of aliphatic hydroxyl groups is 1. The molecule has 0 amide bonds. The molecule has 1 N–H and O–H groups in total. The maximum absolute atomic E-state index is 9.27. The van der Waals surface area contributed by atoms with Gasteiger partial charge in [0, 0.05) is 32.0 Å². The topological polar surface area (TPSA) is 41.3 Å². The van der Waals surface area contributed by atoms with Gasteiger partial charge in [-0.2, -0.15) is 5.10 Å². The Labute approximate surface area is 106 Å². The van der Waals surface area contributed by atoms with Crippen molar-refractivity contribution < 1.29 is 5.11 Å². The first-order chi connectivity index (χ1) is 8.79. The molecule has 0 bridgehead atoms. The number of aliphatic hydroxyl groups excluding tert-OH is 1.